The molecule has 0 saturated heterocycles. The van der Waals surface area contributed by atoms with Gasteiger partial charge in [-0.05, 0) is 58.7 Å². The summed E-state index contributed by atoms with van der Waals surface area (Å²) in [5, 5.41) is 6.48. The van der Waals surface area contributed by atoms with Gasteiger partial charge in [0.15, 0.2) is 5.11 Å². The number of rotatable bonds is 5. The number of benzene rings is 2. The summed E-state index contributed by atoms with van der Waals surface area (Å²) in [6, 6.07) is 22.3. The molecule has 29 heavy (non-hydrogen) atoms. The van der Waals surface area contributed by atoms with Crippen molar-refractivity contribution in [3.8, 4) is 0 Å². The summed E-state index contributed by atoms with van der Waals surface area (Å²) < 4.78 is 7.37. The van der Waals surface area contributed by atoms with Crippen LogP contribution in [0.15, 0.2) is 60.7 Å². The highest BCUT2D eigenvalue weighted by atomic mass is 32.1. The van der Waals surface area contributed by atoms with Crippen LogP contribution in [0.25, 0.3) is 0 Å². The fraction of sp³-hybridized carbons (Fsp3) is 0.458. The Labute approximate surface area is 181 Å². The van der Waals surface area contributed by atoms with Crippen molar-refractivity contribution in [2.45, 2.75) is 57.2 Å². The molecular formula is C24H32N2OSSi. The lowest BCUT2D eigenvalue weighted by Gasteiger charge is -2.46. The lowest BCUT2D eigenvalue weighted by molar-refractivity contribution is 0.118. The maximum atomic E-state index is 7.37. The summed E-state index contributed by atoms with van der Waals surface area (Å²) in [7, 11) is -2.48. The zero-order valence-electron chi connectivity index (χ0n) is 17.6. The third-order valence-corrected chi connectivity index (χ3v) is 12.0. The molecule has 2 saturated carbocycles. The second-order valence-corrected chi connectivity index (χ2v) is 14.4. The summed E-state index contributed by atoms with van der Waals surface area (Å²) >= 11 is 5.08. The Balaban J connectivity index is 1.71. The smallest absolute Gasteiger partial charge is 0.261 e. The molecule has 0 aromatic heterocycles. The topological polar surface area (TPSA) is 47.3 Å². The van der Waals surface area contributed by atoms with E-state index in [1.54, 1.807) is 0 Å². The Morgan fingerprint density at radius 2 is 1.48 bits per heavy atom. The van der Waals surface area contributed by atoms with Crippen LogP contribution in [0.4, 0.5) is 0 Å². The van der Waals surface area contributed by atoms with Crippen molar-refractivity contribution < 1.29 is 4.43 Å². The van der Waals surface area contributed by atoms with Crippen LogP contribution in [0.1, 0.15) is 40.0 Å². The van der Waals surface area contributed by atoms with E-state index in [0.717, 1.165) is 12.8 Å². The first-order valence-electron chi connectivity index (χ1n) is 10.7. The molecule has 0 amide bonds. The zero-order valence-corrected chi connectivity index (χ0v) is 19.4. The molecular weight excluding hydrogens is 392 g/mol. The number of hydrogen-bond acceptors (Lipinski definition) is 2. The quantitative estimate of drug-likeness (QED) is 0.569. The van der Waals surface area contributed by atoms with Crippen molar-refractivity contribution >= 4 is 36.0 Å². The van der Waals surface area contributed by atoms with Crippen LogP contribution >= 0.6 is 12.2 Å². The monoisotopic (exact) mass is 424 g/mol. The van der Waals surface area contributed by atoms with Crippen LogP contribution in [0.5, 0.6) is 0 Å². The van der Waals surface area contributed by atoms with E-state index in [0.29, 0.717) is 29.1 Å². The first kappa shape index (κ1) is 20.6. The molecule has 4 rings (SSSR count). The Hall–Kier alpha value is -1.69. The van der Waals surface area contributed by atoms with Crippen molar-refractivity contribution in [1.82, 2.24) is 5.32 Å². The molecule has 2 aliphatic rings. The van der Waals surface area contributed by atoms with E-state index < -0.39 is 8.32 Å². The summed E-state index contributed by atoms with van der Waals surface area (Å²) in [5.41, 5.74) is 5.75. The van der Waals surface area contributed by atoms with E-state index in [1.165, 1.54) is 16.8 Å². The number of fused-ring (bicyclic) bond motifs is 2. The molecule has 5 heteroatoms. The number of nitrogens with one attached hydrogen (secondary N) is 1. The molecule has 2 aromatic carbocycles. The fourth-order valence-electron chi connectivity index (χ4n) is 5.65. The van der Waals surface area contributed by atoms with Crippen LogP contribution in [-0.2, 0) is 4.43 Å². The third kappa shape index (κ3) is 3.76. The van der Waals surface area contributed by atoms with E-state index in [1.807, 2.05) is 0 Å². The first-order chi connectivity index (χ1) is 13.8. The zero-order chi connectivity index (χ0) is 20.6. The molecule has 2 bridgehead atoms. The van der Waals surface area contributed by atoms with Gasteiger partial charge in [-0.1, -0.05) is 81.4 Å². The Bertz CT molecular complexity index is 813. The van der Waals surface area contributed by atoms with Gasteiger partial charge >= 0.3 is 0 Å². The van der Waals surface area contributed by atoms with Crippen molar-refractivity contribution in [2.75, 3.05) is 0 Å². The lowest BCUT2D eigenvalue weighted by atomic mass is 9.93. The fourth-order valence-corrected chi connectivity index (χ4v) is 10.6. The maximum Gasteiger partial charge on any atom is 0.261 e. The molecule has 3 nitrogen and oxygen atoms in total. The van der Waals surface area contributed by atoms with E-state index >= 15 is 0 Å². The van der Waals surface area contributed by atoms with Crippen molar-refractivity contribution in [3.05, 3.63) is 60.7 Å². The molecule has 154 valence electrons. The van der Waals surface area contributed by atoms with Gasteiger partial charge in [0.25, 0.3) is 8.32 Å². The molecule has 2 aromatic rings. The van der Waals surface area contributed by atoms with Crippen LogP contribution in [0.2, 0.25) is 5.04 Å². The molecule has 4 atom stereocenters. The van der Waals surface area contributed by atoms with Crippen LogP contribution in [-0.4, -0.2) is 25.6 Å². The van der Waals surface area contributed by atoms with Gasteiger partial charge in [0.2, 0.25) is 0 Å². The number of thiocarbonyl (C=S) groups is 1. The van der Waals surface area contributed by atoms with Gasteiger partial charge in [0.05, 0.1) is 0 Å². The third-order valence-electron chi connectivity index (χ3n) is 6.86. The van der Waals surface area contributed by atoms with Gasteiger partial charge in [-0.3, -0.25) is 0 Å². The lowest BCUT2D eigenvalue weighted by Crippen LogP contribution is -2.68. The average molecular weight is 425 g/mol. The molecule has 2 fully saturated rings. The van der Waals surface area contributed by atoms with Crippen LogP contribution < -0.4 is 21.4 Å². The predicted octanol–water partition coefficient (Wildman–Crippen LogP) is 3.56. The minimum Gasteiger partial charge on any atom is -0.404 e. The van der Waals surface area contributed by atoms with Gasteiger partial charge < -0.3 is 15.5 Å². The molecule has 1 unspecified atom stereocenters. The molecule has 0 heterocycles. The normalized spacial score (nSPS) is 26.4. The van der Waals surface area contributed by atoms with Crippen molar-refractivity contribution in [3.63, 3.8) is 0 Å². The number of hydrogen-bond donors (Lipinski definition) is 2. The standard InChI is InChI=1S/C24H32N2OSSi/c1-24(2,3)29(19-10-6-4-7-11-19,20-12-8-5-9-13-20)27-22-16-17-14-18(22)15-21(17)26-23(25)28/h4-13,17-18,21-22H,14-16H2,1-3H3,(H3,25,26,28)/t17?,18-,21+,22+/m1/s1. The highest BCUT2D eigenvalue weighted by Gasteiger charge is 2.55. The summed E-state index contributed by atoms with van der Waals surface area (Å²) in [5.74, 6) is 1.18. The summed E-state index contributed by atoms with van der Waals surface area (Å²) in [6.45, 7) is 7.05. The molecule has 2 aliphatic carbocycles. The number of nitrogens with two attached hydrogens (primary N) is 1. The Morgan fingerprint density at radius 3 is 1.90 bits per heavy atom. The second kappa shape index (κ2) is 7.86. The highest BCUT2D eigenvalue weighted by Crippen LogP contribution is 2.49. The largest absolute Gasteiger partial charge is 0.404 e. The first-order valence-corrected chi connectivity index (χ1v) is 13.0. The summed E-state index contributed by atoms with van der Waals surface area (Å²) in [4.78, 5) is 0. The summed E-state index contributed by atoms with van der Waals surface area (Å²) in [6.07, 6.45) is 3.71. The average Bonchev–Trinajstić information content (AvgIpc) is 3.26. The van der Waals surface area contributed by atoms with E-state index in [2.05, 4.69) is 86.8 Å². The van der Waals surface area contributed by atoms with Gasteiger partial charge in [-0.25, -0.2) is 0 Å². The molecule has 0 aliphatic heterocycles. The Morgan fingerprint density at radius 1 is 0.931 bits per heavy atom. The molecule has 0 radical (unpaired) electrons. The van der Waals surface area contributed by atoms with Gasteiger partial charge in [-0.15, -0.1) is 0 Å². The highest BCUT2D eigenvalue weighted by molar-refractivity contribution is 7.80. The maximum absolute atomic E-state index is 7.37. The van der Waals surface area contributed by atoms with E-state index in [-0.39, 0.29) is 5.04 Å². The Kier molecular flexibility index (Phi) is 5.57. The minimum atomic E-state index is -2.48. The van der Waals surface area contributed by atoms with E-state index in [9.17, 15) is 0 Å². The second-order valence-electron chi connectivity index (χ2n) is 9.66. The van der Waals surface area contributed by atoms with Gasteiger partial charge in [0.1, 0.15) is 0 Å². The van der Waals surface area contributed by atoms with E-state index in [4.69, 9.17) is 22.4 Å². The molecule has 3 N–H and O–H groups in total. The predicted molar refractivity (Wildman–Crippen MR) is 127 cm³/mol. The minimum absolute atomic E-state index is 0.0218. The van der Waals surface area contributed by atoms with Crippen molar-refractivity contribution in [1.29, 1.82) is 0 Å². The molecule has 0 spiro atoms. The van der Waals surface area contributed by atoms with Crippen molar-refractivity contribution in [2.24, 2.45) is 17.6 Å². The van der Waals surface area contributed by atoms with Crippen LogP contribution in [0, 0.1) is 11.8 Å². The van der Waals surface area contributed by atoms with Crippen LogP contribution in [0.3, 0.4) is 0 Å². The van der Waals surface area contributed by atoms with Gasteiger partial charge in [0, 0.05) is 12.1 Å². The van der Waals surface area contributed by atoms with Gasteiger partial charge in [-0.2, -0.15) is 0 Å². The SMILES string of the molecule is CC(C)(C)[Si](O[C@H]1CC2C[C@@H]1C[C@@H]2NC(N)=S)(c1ccccc1)c1ccccc1.